The lowest BCUT2D eigenvalue weighted by Gasteiger charge is -2.15. The van der Waals surface area contributed by atoms with E-state index in [9.17, 15) is 4.79 Å². The summed E-state index contributed by atoms with van der Waals surface area (Å²) in [6.07, 6.45) is 0. The van der Waals surface area contributed by atoms with Crippen LogP contribution in [0.1, 0.15) is 5.69 Å². The van der Waals surface area contributed by atoms with Crippen molar-refractivity contribution in [3.05, 3.63) is 27.6 Å². The molecule has 2 atom stereocenters. The number of hydrogen-bond donors (Lipinski definition) is 1. The van der Waals surface area contributed by atoms with Gasteiger partial charge in [0.1, 0.15) is 5.51 Å². The third-order valence-corrected chi connectivity index (χ3v) is 4.77. The monoisotopic (exact) mass is 277 g/mol. The van der Waals surface area contributed by atoms with Gasteiger partial charge in [0.15, 0.2) is 0 Å². The van der Waals surface area contributed by atoms with Gasteiger partial charge in [-0.25, -0.2) is 4.98 Å². The molecule has 0 radical (unpaired) electrons. The highest BCUT2D eigenvalue weighted by Crippen LogP contribution is 2.27. The molecule has 7 heteroatoms. The average Bonchev–Trinajstić information content (AvgIpc) is 3.02. The smallest absolute Gasteiger partial charge is 0.275 e. The Labute approximate surface area is 114 Å². The van der Waals surface area contributed by atoms with Gasteiger partial charge in [-0.2, -0.15) is 9.61 Å². The summed E-state index contributed by atoms with van der Waals surface area (Å²) in [7, 11) is 0. The largest absolute Gasteiger partial charge is 0.316 e. The van der Waals surface area contributed by atoms with Crippen molar-refractivity contribution in [2.24, 2.45) is 11.8 Å². The van der Waals surface area contributed by atoms with Crippen molar-refractivity contribution < 1.29 is 0 Å². The first-order chi connectivity index (χ1) is 9.29. The van der Waals surface area contributed by atoms with Crippen LogP contribution in [0.15, 0.2) is 16.4 Å². The first-order valence-corrected chi connectivity index (χ1v) is 7.43. The molecule has 2 fully saturated rings. The Bertz CT molecular complexity index is 653. The highest BCUT2D eigenvalue weighted by molar-refractivity contribution is 7.14. The normalized spacial score (nSPS) is 27.2. The Morgan fingerprint density at radius 1 is 1.37 bits per heavy atom. The summed E-state index contributed by atoms with van der Waals surface area (Å²) in [5.74, 6) is 1.54. The molecule has 4 rings (SSSR count). The number of rotatable bonds is 2. The molecule has 1 N–H and O–H groups in total. The summed E-state index contributed by atoms with van der Waals surface area (Å²) in [6.45, 7) is 5.26. The molecule has 4 heterocycles. The summed E-state index contributed by atoms with van der Waals surface area (Å²) in [5.41, 5.74) is 2.43. The number of aromatic nitrogens is 3. The van der Waals surface area contributed by atoms with E-state index in [0.29, 0.717) is 4.96 Å². The quantitative estimate of drug-likeness (QED) is 0.824. The van der Waals surface area contributed by atoms with Gasteiger partial charge in [0.25, 0.3) is 5.56 Å². The maximum Gasteiger partial charge on any atom is 0.275 e. The Kier molecular flexibility index (Phi) is 2.64. The van der Waals surface area contributed by atoms with Crippen molar-refractivity contribution in [1.82, 2.24) is 24.8 Å². The van der Waals surface area contributed by atoms with Crippen molar-refractivity contribution in [3.8, 4) is 0 Å². The number of nitrogens with zero attached hydrogens (tertiary/aromatic N) is 4. The van der Waals surface area contributed by atoms with Crippen LogP contribution in [0.2, 0.25) is 0 Å². The molecule has 2 saturated heterocycles. The molecule has 0 bridgehead atoms. The Hall–Kier alpha value is -1.31. The van der Waals surface area contributed by atoms with E-state index in [1.807, 2.05) is 0 Å². The van der Waals surface area contributed by atoms with E-state index in [1.54, 1.807) is 11.6 Å². The third-order valence-electron chi connectivity index (χ3n) is 4.09. The van der Waals surface area contributed by atoms with Crippen LogP contribution in [-0.4, -0.2) is 45.7 Å². The minimum atomic E-state index is -0.0812. The van der Waals surface area contributed by atoms with E-state index in [4.69, 9.17) is 0 Å². The van der Waals surface area contributed by atoms with Gasteiger partial charge in [-0.1, -0.05) is 11.3 Å². The third kappa shape index (κ3) is 1.98. The lowest BCUT2D eigenvalue weighted by atomic mass is 10.0. The lowest BCUT2D eigenvalue weighted by Crippen LogP contribution is -2.27. The highest BCUT2D eigenvalue weighted by atomic mass is 32.1. The molecule has 0 spiro atoms. The van der Waals surface area contributed by atoms with Crippen LogP contribution in [0, 0.1) is 11.8 Å². The van der Waals surface area contributed by atoms with Crippen molar-refractivity contribution >= 4 is 16.3 Å². The second-order valence-electron chi connectivity index (χ2n) is 5.39. The minimum Gasteiger partial charge on any atom is -0.316 e. The van der Waals surface area contributed by atoms with Gasteiger partial charge < -0.3 is 5.32 Å². The molecule has 0 amide bonds. The van der Waals surface area contributed by atoms with Crippen molar-refractivity contribution in [2.45, 2.75) is 6.54 Å². The van der Waals surface area contributed by atoms with E-state index in [1.165, 1.54) is 15.9 Å². The van der Waals surface area contributed by atoms with Crippen molar-refractivity contribution in [3.63, 3.8) is 0 Å². The van der Waals surface area contributed by atoms with Crippen LogP contribution >= 0.6 is 11.3 Å². The molecule has 2 aliphatic heterocycles. The van der Waals surface area contributed by atoms with Gasteiger partial charge in [-0.15, -0.1) is 0 Å². The Morgan fingerprint density at radius 3 is 2.95 bits per heavy atom. The SMILES string of the molecule is O=c1cc(CN2C[C@H]3CNC[C@H]3C2)nc2scnn12. The van der Waals surface area contributed by atoms with Gasteiger partial charge in [-0.3, -0.25) is 9.69 Å². The number of nitrogens with one attached hydrogen (secondary N) is 1. The fourth-order valence-corrected chi connectivity index (χ4v) is 3.84. The van der Waals surface area contributed by atoms with Gasteiger partial charge >= 0.3 is 0 Å². The number of fused-ring (bicyclic) bond motifs is 2. The van der Waals surface area contributed by atoms with Gasteiger partial charge in [0.2, 0.25) is 4.96 Å². The molecule has 0 saturated carbocycles. The van der Waals surface area contributed by atoms with Crippen LogP contribution in [-0.2, 0) is 6.54 Å². The topological polar surface area (TPSA) is 62.5 Å². The molecule has 2 aromatic heterocycles. The lowest BCUT2D eigenvalue weighted by molar-refractivity contribution is 0.302. The molecule has 2 aliphatic rings. The van der Waals surface area contributed by atoms with E-state index >= 15 is 0 Å². The highest BCUT2D eigenvalue weighted by Gasteiger charge is 2.35. The first kappa shape index (κ1) is 11.5. The van der Waals surface area contributed by atoms with E-state index in [0.717, 1.165) is 50.3 Å². The fraction of sp³-hybridized carbons (Fsp3) is 0.583. The number of hydrogen-bond acceptors (Lipinski definition) is 6. The van der Waals surface area contributed by atoms with Gasteiger partial charge in [0.05, 0.1) is 5.69 Å². The second-order valence-corrected chi connectivity index (χ2v) is 6.20. The summed E-state index contributed by atoms with van der Waals surface area (Å²) >= 11 is 1.40. The first-order valence-electron chi connectivity index (χ1n) is 6.55. The molecule has 100 valence electrons. The molecule has 6 nitrogen and oxygen atoms in total. The van der Waals surface area contributed by atoms with Crippen LogP contribution in [0.4, 0.5) is 0 Å². The maximum absolute atomic E-state index is 11.9. The zero-order valence-electron chi connectivity index (χ0n) is 10.5. The van der Waals surface area contributed by atoms with Gasteiger partial charge in [-0.05, 0) is 24.9 Å². The van der Waals surface area contributed by atoms with Crippen molar-refractivity contribution in [1.29, 1.82) is 0 Å². The summed E-state index contributed by atoms with van der Waals surface area (Å²) in [4.78, 5) is 19.5. The molecule has 0 aromatic carbocycles. The van der Waals surface area contributed by atoms with Crippen molar-refractivity contribution in [2.75, 3.05) is 26.2 Å². The van der Waals surface area contributed by atoms with E-state index in [2.05, 4.69) is 20.3 Å². The molecule has 0 unspecified atom stereocenters. The molecule has 0 aliphatic carbocycles. The Balaban J connectivity index is 1.57. The fourth-order valence-electron chi connectivity index (χ4n) is 3.19. The molecule has 19 heavy (non-hydrogen) atoms. The summed E-state index contributed by atoms with van der Waals surface area (Å²) < 4.78 is 1.36. The van der Waals surface area contributed by atoms with Gasteiger partial charge in [0, 0.05) is 25.7 Å². The van der Waals surface area contributed by atoms with Crippen LogP contribution in [0.3, 0.4) is 0 Å². The second kappa shape index (κ2) is 4.36. The molecule has 2 aromatic rings. The maximum atomic E-state index is 11.9. The number of likely N-dealkylation sites (tertiary alicyclic amines) is 1. The zero-order chi connectivity index (χ0) is 12.8. The average molecular weight is 277 g/mol. The predicted octanol–water partition coefficient (Wildman–Crippen LogP) is -0.198. The van der Waals surface area contributed by atoms with E-state index in [-0.39, 0.29) is 5.56 Å². The molecular formula is C12H15N5OS. The van der Waals surface area contributed by atoms with Crippen LogP contribution < -0.4 is 10.9 Å². The van der Waals surface area contributed by atoms with Crippen LogP contribution in [0.5, 0.6) is 0 Å². The Morgan fingerprint density at radius 2 is 2.16 bits per heavy atom. The predicted molar refractivity (Wildman–Crippen MR) is 72.3 cm³/mol. The summed E-state index contributed by atoms with van der Waals surface area (Å²) in [5, 5.41) is 7.41. The standard InChI is InChI=1S/C12H15N5OS/c18-11-1-10(15-12-17(11)14-7-19-12)6-16-4-8-2-13-3-9(8)5-16/h1,7-9,13H,2-6H2/t8-,9+. The van der Waals surface area contributed by atoms with E-state index < -0.39 is 0 Å². The zero-order valence-corrected chi connectivity index (χ0v) is 11.3. The molecular weight excluding hydrogens is 262 g/mol. The summed E-state index contributed by atoms with van der Waals surface area (Å²) in [6, 6.07) is 1.61. The minimum absolute atomic E-state index is 0.0812. The van der Waals surface area contributed by atoms with Crippen LogP contribution in [0.25, 0.3) is 4.96 Å².